The molecule has 12 heteroatoms. The van der Waals surface area contributed by atoms with E-state index >= 15 is 0 Å². The molecular weight excluding hydrogens is 545 g/mol. The zero-order valence-corrected chi connectivity index (χ0v) is 23.1. The van der Waals surface area contributed by atoms with Crippen LogP contribution in [0.4, 0.5) is 11.8 Å². The van der Waals surface area contributed by atoms with E-state index in [1.807, 2.05) is 6.07 Å². The summed E-state index contributed by atoms with van der Waals surface area (Å²) < 4.78 is 21.8. The highest BCUT2D eigenvalue weighted by Crippen LogP contribution is 2.46. The molecule has 0 saturated carbocycles. The van der Waals surface area contributed by atoms with E-state index in [1.165, 1.54) is 20.3 Å². The maximum absolute atomic E-state index is 11.9. The molecular formula is C27H29Cl2N5O5. The van der Waals surface area contributed by atoms with Gasteiger partial charge in [-0.25, -0.2) is 15.0 Å². The van der Waals surface area contributed by atoms with Crippen molar-refractivity contribution in [1.82, 2.24) is 15.0 Å². The molecule has 0 bridgehead atoms. The predicted octanol–water partition coefficient (Wildman–Crippen LogP) is 4.65. The largest absolute Gasteiger partial charge is 0.495 e. The first-order chi connectivity index (χ1) is 18.9. The van der Waals surface area contributed by atoms with Crippen LogP contribution in [0.1, 0.15) is 6.42 Å². The molecule has 2 fully saturated rings. The summed E-state index contributed by atoms with van der Waals surface area (Å²) in [6.07, 6.45) is 3.40. The van der Waals surface area contributed by atoms with Gasteiger partial charge in [-0.3, -0.25) is 4.79 Å². The Kier molecular flexibility index (Phi) is 8.37. The zero-order chi connectivity index (χ0) is 27.5. The molecule has 0 radical (unpaired) electrons. The van der Waals surface area contributed by atoms with Crippen LogP contribution in [0, 0.1) is 11.8 Å². The molecule has 0 aliphatic carbocycles. The number of hydrogen-bond acceptors (Lipinski definition) is 10. The quantitative estimate of drug-likeness (QED) is 0.314. The third kappa shape index (κ3) is 5.74. The normalized spacial score (nSPS) is 19.0. The van der Waals surface area contributed by atoms with Crippen molar-refractivity contribution in [2.45, 2.75) is 12.5 Å². The van der Waals surface area contributed by atoms with Crippen molar-refractivity contribution in [2.24, 2.45) is 11.8 Å². The summed E-state index contributed by atoms with van der Waals surface area (Å²) in [5.41, 5.74) is 1.61. The Balaban J connectivity index is 1.54. The smallest absolute Gasteiger partial charge is 0.223 e. The molecule has 2 aliphatic rings. The van der Waals surface area contributed by atoms with Crippen molar-refractivity contribution in [3.63, 3.8) is 0 Å². The van der Waals surface area contributed by atoms with Gasteiger partial charge in [0.2, 0.25) is 5.95 Å². The number of aromatic nitrogens is 3. The lowest BCUT2D eigenvalue weighted by atomic mass is 9.97. The van der Waals surface area contributed by atoms with Gasteiger partial charge in [0.25, 0.3) is 0 Å². The van der Waals surface area contributed by atoms with E-state index < -0.39 is 0 Å². The lowest BCUT2D eigenvalue weighted by Crippen LogP contribution is -2.33. The predicted molar refractivity (Wildman–Crippen MR) is 150 cm³/mol. The molecule has 2 aromatic heterocycles. The first kappa shape index (κ1) is 27.4. The number of rotatable bonds is 11. The van der Waals surface area contributed by atoms with Crippen LogP contribution in [0.25, 0.3) is 22.2 Å². The van der Waals surface area contributed by atoms with Crippen LogP contribution in [0.15, 0.2) is 31.0 Å². The second kappa shape index (κ2) is 11.9. The number of allylic oxidation sites excluding steroid dienone is 1. The van der Waals surface area contributed by atoms with E-state index in [2.05, 4.69) is 22.2 Å². The van der Waals surface area contributed by atoms with Crippen molar-refractivity contribution in [1.29, 1.82) is 0 Å². The van der Waals surface area contributed by atoms with Gasteiger partial charge in [-0.1, -0.05) is 29.8 Å². The fourth-order valence-electron chi connectivity index (χ4n) is 4.58. The fraction of sp³-hybridized carbons (Fsp3) is 0.407. The Morgan fingerprint density at radius 1 is 1.10 bits per heavy atom. The molecule has 2 saturated heterocycles. The average Bonchev–Trinajstić information content (AvgIpc) is 3.34. The number of ketones is 1. The molecule has 0 amide bonds. The van der Waals surface area contributed by atoms with Crippen LogP contribution in [0.3, 0.4) is 0 Å². The van der Waals surface area contributed by atoms with E-state index in [-0.39, 0.29) is 17.7 Å². The molecule has 206 valence electrons. The monoisotopic (exact) mass is 573 g/mol. The number of hydrogen-bond donors (Lipinski definition) is 2. The van der Waals surface area contributed by atoms with Gasteiger partial charge in [0.1, 0.15) is 17.0 Å². The van der Waals surface area contributed by atoms with Crippen LogP contribution in [0.2, 0.25) is 10.0 Å². The number of ether oxygens (including phenoxy) is 4. The fourth-order valence-corrected chi connectivity index (χ4v) is 5.28. The third-order valence-electron chi connectivity index (χ3n) is 6.86. The molecule has 3 aromatic rings. The number of carbonyl (C=O) groups is 1. The standard InChI is InChI=1S/C27H29Cl2N5O5/c1-4-17(35)5-16-12-39-13-19(16)33-27-31-9-15-6-18(22-23(28)20(36-2)7-21(37-3)24(22)29)32-26(25(15)34-27)30-8-14-10-38-11-14/h4,6-7,9,14,16,19H,1,5,8,10-13H2,2-3H3,(H,30,32)(H,31,33,34)/t16-,19+/m0/s1. The summed E-state index contributed by atoms with van der Waals surface area (Å²) in [7, 11) is 3.05. The molecule has 4 heterocycles. The summed E-state index contributed by atoms with van der Waals surface area (Å²) in [4.78, 5) is 26.1. The number of pyridine rings is 1. The lowest BCUT2D eigenvalue weighted by molar-refractivity contribution is -0.115. The number of benzene rings is 1. The molecule has 1 aromatic carbocycles. The Morgan fingerprint density at radius 3 is 2.46 bits per heavy atom. The van der Waals surface area contributed by atoms with Crippen LogP contribution < -0.4 is 20.1 Å². The van der Waals surface area contributed by atoms with Crippen molar-refractivity contribution in [3.8, 4) is 22.8 Å². The van der Waals surface area contributed by atoms with Gasteiger partial charge in [-0.2, -0.15) is 0 Å². The van der Waals surface area contributed by atoms with E-state index in [9.17, 15) is 4.79 Å². The van der Waals surface area contributed by atoms with Gasteiger partial charge in [0, 0.05) is 48.0 Å². The second-order valence-corrected chi connectivity index (χ2v) is 10.2. The lowest BCUT2D eigenvalue weighted by Gasteiger charge is -2.26. The summed E-state index contributed by atoms with van der Waals surface area (Å²) in [5.74, 6) is 2.13. The molecule has 2 N–H and O–H groups in total. The van der Waals surface area contributed by atoms with Gasteiger partial charge in [0.05, 0.1) is 62.4 Å². The third-order valence-corrected chi connectivity index (χ3v) is 7.62. The van der Waals surface area contributed by atoms with E-state index in [4.69, 9.17) is 52.1 Å². The van der Waals surface area contributed by atoms with Gasteiger partial charge in [0.15, 0.2) is 11.6 Å². The number of halogens is 2. The van der Waals surface area contributed by atoms with Crippen molar-refractivity contribution in [2.75, 3.05) is 57.8 Å². The highest BCUT2D eigenvalue weighted by Gasteiger charge is 2.30. The maximum Gasteiger partial charge on any atom is 0.223 e. The van der Waals surface area contributed by atoms with Gasteiger partial charge in [-0.05, 0) is 12.1 Å². The highest BCUT2D eigenvalue weighted by molar-refractivity contribution is 6.41. The Bertz CT molecular complexity index is 1370. The SMILES string of the molecule is C=CC(=O)C[C@H]1COC[C@H]1Nc1ncc2cc(-c3c(Cl)c(OC)cc(OC)c3Cl)nc(NCC3COC3)c2n1. The number of methoxy groups -OCH3 is 2. The van der Waals surface area contributed by atoms with Crippen LogP contribution in [0.5, 0.6) is 11.5 Å². The van der Waals surface area contributed by atoms with Gasteiger partial charge in [-0.15, -0.1) is 0 Å². The minimum atomic E-state index is -0.107. The number of nitrogens with one attached hydrogen (secondary N) is 2. The van der Waals surface area contributed by atoms with Crippen LogP contribution in [-0.2, 0) is 14.3 Å². The van der Waals surface area contributed by atoms with Crippen molar-refractivity contribution >= 4 is 51.7 Å². The number of fused-ring (bicyclic) bond motifs is 1. The molecule has 0 spiro atoms. The Hall–Kier alpha value is -3.18. The van der Waals surface area contributed by atoms with Gasteiger partial charge < -0.3 is 29.6 Å². The van der Waals surface area contributed by atoms with Crippen molar-refractivity contribution < 1.29 is 23.7 Å². The van der Waals surface area contributed by atoms with E-state index in [0.717, 1.165) is 5.39 Å². The minimum absolute atomic E-state index is 0.00108. The minimum Gasteiger partial charge on any atom is -0.495 e. The number of carbonyl (C=O) groups excluding carboxylic acids is 1. The summed E-state index contributed by atoms with van der Waals surface area (Å²) in [6.45, 7) is 6.53. The summed E-state index contributed by atoms with van der Waals surface area (Å²) >= 11 is 13.4. The van der Waals surface area contributed by atoms with Crippen LogP contribution >= 0.6 is 23.2 Å². The van der Waals surface area contributed by atoms with E-state index in [1.54, 1.807) is 12.3 Å². The molecule has 0 unspecified atom stereocenters. The zero-order valence-electron chi connectivity index (χ0n) is 21.6. The highest BCUT2D eigenvalue weighted by atomic mass is 35.5. The Morgan fingerprint density at radius 2 is 1.82 bits per heavy atom. The van der Waals surface area contributed by atoms with Crippen molar-refractivity contribution in [3.05, 3.63) is 41.0 Å². The maximum atomic E-state index is 11.9. The number of anilines is 2. The molecule has 10 nitrogen and oxygen atoms in total. The number of nitrogens with zero attached hydrogens (tertiary/aromatic N) is 3. The molecule has 2 aliphatic heterocycles. The molecule has 5 rings (SSSR count). The topological polar surface area (TPSA) is 117 Å². The first-order valence-electron chi connectivity index (χ1n) is 12.5. The Labute approximate surface area is 236 Å². The summed E-state index contributed by atoms with van der Waals surface area (Å²) in [5, 5.41) is 8.12. The first-order valence-corrected chi connectivity index (χ1v) is 13.3. The van der Waals surface area contributed by atoms with Gasteiger partial charge >= 0.3 is 0 Å². The van der Waals surface area contributed by atoms with Crippen LogP contribution in [-0.4, -0.2) is 74.0 Å². The molecule has 39 heavy (non-hydrogen) atoms. The summed E-state index contributed by atoms with van der Waals surface area (Å²) in [6, 6.07) is 3.35. The molecule has 2 atom stereocenters. The van der Waals surface area contributed by atoms with E-state index in [0.29, 0.717) is 95.4 Å². The average molecular weight is 574 g/mol. The second-order valence-electron chi connectivity index (χ2n) is 9.48.